The minimum Gasteiger partial charge on any atom is -0.256 e. The summed E-state index contributed by atoms with van der Waals surface area (Å²) in [4.78, 5) is 4.65. The Morgan fingerprint density at radius 3 is 2.53 bits per heavy atom. The van der Waals surface area contributed by atoms with Crippen molar-refractivity contribution in [1.82, 2.24) is 4.98 Å². The molecule has 0 saturated carbocycles. The highest BCUT2D eigenvalue weighted by molar-refractivity contribution is 5.78. The van der Waals surface area contributed by atoms with Crippen LogP contribution in [0.5, 0.6) is 0 Å². The lowest BCUT2D eigenvalue weighted by molar-refractivity contribution is 1.14. The zero-order valence-corrected chi connectivity index (χ0v) is 10.9. The first-order valence-electron chi connectivity index (χ1n) is 6.13. The van der Waals surface area contributed by atoms with E-state index in [1.807, 2.05) is 6.20 Å². The van der Waals surface area contributed by atoms with Crippen molar-refractivity contribution in [2.75, 3.05) is 0 Å². The highest BCUT2D eigenvalue weighted by atomic mass is 14.7. The van der Waals surface area contributed by atoms with Crippen molar-refractivity contribution >= 4 is 0 Å². The van der Waals surface area contributed by atoms with Crippen LogP contribution in [-0.4, -0.2) is 4.98 Å². The first kappa shape index (κ1) is 10.5. The monoisotopic (exact) mass is 223 g/mol. The number of aromatic nitrogens is 1. The fraction of sp³-hybridized carbons (Fsp3) is 0.312. The van der Waals surface area contributed by atoms with Gasteiger partial charge in [0.15, 0.2) is 0 Å². The summed E-state index contributed by atoms with van der Waals surface area (Å²) in [5.41, 5.74) is 10.9. The van der Waals surface area contributed by atoms with E-state index in [9.17, 15) is 0 Å². The molecule has 86 valence electrons. The average molecular weight is 223 g/mol. The molecule has 0 radical (unpaired) electrons. The van der Waals surface area contributed by atoms with Gasteiger partial charge in [-0.15, -0.1) is 0 Å². The van der Waals surface area contributed by atoms with E-state index < -0.39 is 0 Å². The molecule has 0 aliphatic heterocycles. The predicted molar refractivity (Wildman–Crippen MR) is 71.4 cm³/mol. The molecule has 0 atom stereocenters. The molecule has 0 bridgehead atoms. The lowest BCUT2D eigenvalue weighted by Crippen LogP contribution is -1.93. The van der Waals surface area contributed by atoms with E-state index in [-0.39, 0.29) is 0 Å². The summed E-state index contributed by atoms with van der Waals surface area (Å²) < 4.78 is 0. The predicted octanol–water partition coefficient (Wildman–Crippen LogP) is 3.89. The molecule has 0 spiro atoms. The Balaban J connectivity index is 2.33. The van der Waals surface area contributed by atoms with Crippen LogP contribution in [0.3, 0.4) is 0 Å². The molecule has 1 heteroatoms. The second kappa shape index (κ2) is 3.43. The van der Waals surface area contributed by atoms with E-state index in [0.717, 1.165) is 6.42 Å². The van der Waals surface area contributed by atoms with Gasteiger partial charge in [0, 0.05) is 18.2 Å². The molecule has 17 heavy (non-hydrogen) atoms. The number of pyridine rings is 1. The van der Waals surface area contributed by atoms with E-state index in [0.29, 0.717) is 0 Å². The number of hydrogen-bond donors (Lipinski definition) is 0. The second-order valence-corrected chi connectivity index (χ2v) is 5.19. The zero-order chi connectivity index (χ0) is 12.2. The summed E-state index contributed by atoms with van der Waals surface area (Å²) in [5, 5.41) is 0. The van der Waals surface area contributed by atoms with Crippen molar-refractivity contribution in [2.45, 2.75) is 34.1 Å². The third-order valence-electron chi connectivity index (χ3n) is 3.88. The van der Waals surface area contributed by atoms with E-state index in [2.05, 4.69) is 44.8 Å². The Morgan fingerprint density at radius 1 is 1.00 bits per heavy atom. The summed E-state index contributed by atoms with van der Waals surface area (Å²) in [6, 6.07) is 4.56. The van der Waals surface area contributed by atoms with Gasteiger partial charge in [-0.2, -0.15) is 0 Å². The van der Waals surface area contributed by atoms with E-state index in [1.165, 1.54) is 44.6 Å². The van der Waals surface area contributed by atoms with Crippen molar-refractivity contribution < 1.29 is 0 Å². The van der Waals surface area contributed by atoms with Gasteiger partial charge < -0.3 is 0 Å². The Labute approximate surface area is 103 Å². The number of benzene rings is 1. The Morgan fingerprint density at radius 2 is 1.76 bits per heavy atom. The smallest absolute Gasteiger partial charge is 0.0745 e. The van der Waals surface area contributed by atoms with Crippen LogP contribution in [0, 0.1) is 27.7 Å². The lowest BCUT2D eigenvalue weighted by Gasteiger charge is -2.08. The van der Waals surface area contributed by atoms with Crippen LogP contribution in [-0.2, 0) is 6.42 Å². The Bertz CT molecular complexity index is 624. The lowest BCUT2D eigenvalue weighted by atomic mass is 10.0. The molecule has 0 fully saturated rings. The van der Waals surface area contributed by atoms with Gasteiger partial charge in [0.1, 0.15) is 0 Å². The van der Waals surface area contributed by atoms with Crippen LogP contribution in [0.15, 0.2) is 18.3 Å². The summed E-state index contributed by atoms with van der Waals surface area (Å²) >= 11 is 0. The summed E-state index contributed by atoms with van der Waals surface area (Å²) in [7, 11) is 0. The minimum absolute atomic E-state index is 1.05. The first-order chi connectivity index (χ1) is 8.08. The van der Waals surface area contributed by atoms with Gasteiger partial charge in [-0.05, 0) is 55.5 Å². The maximum atomic E-state index is 4.65. The molecule has 1 aromatic heterocycles. The SMILES string of the molecule is Cc1cc(C)c2c(c1)Cc1c-2ncc(C)c1C. The number of nitrogens with zero attached hydrogens (tertiary/aromatic N) is 1. The second-order valence-electron chi connectivity index (χ2n) is 5.19. The highest BCUT2D eigenvalue weighted by Gasteiger charge is 2.23. The highest BCUT2D eigenvalue weighted by Crippen LogP contribution is 2.39. The maximum absolute atomic E-state index is 4.65. The van der Waals surface area contributed by atoms with Gasteiger partial charge in [0.05, 0.1) is 5.69 Å². The van der Waals surface area contributed by atoms with Gasteiger partial charge in [0.25, 0.3) is 0 Å². The van der Waals surface area contributed by atoms with Gasteiger partial charge in [-0.1, -0.05) is 17.7 Å². The van der Waals surface area contributed by atoms with Crippen molar-refractivity contribution in [1.29, 1.82) is 0 Å². The van der Waals surface area contributed by atoms with Crippen molar-refractivity contribution in [2.24, 2.45) is 0 Å². The van der Waals surface area contributed by atoms with Crippen LogP contribution >= 0.6 is 0 Å². The molecule has 3 rings (SSSR count). The van der Waals surface area contributed by atoms with Crippen molar-refractivity contribution in [3.63, 3.8) is 0 Å². The van der Waals surface area contributed by atoms with Gasteiger partial charge >= 0.3 is 0 Å². The maximum Gasteiger partial charge on any atom is 0.0745 e. The van der Waals surface area contributed by atoms with Crippen molar-refractivity contribution in [3.05, 3.63) is 51.7 Å². The zero-order valence-electron chi connectivity index (χ0n) is 10.9. The fourth-order valence-electron chi connectivity index (χ4n) is 2.91. The summed E-state index contributed by atoms with van der Waals surface area (Å²) in [6.07, 6.45) is 3.05. The molecule has 0 N–H and O–H groups in total. The standard InChI is InChI=1S/C16H17N/c1-9-5-10(2)15-13(6-9)7-14-12(4)11(3)8-17-16(14)15/h5-6,8H,7H2,1-4H3. The van der Waals surface area contributed by atoms with Crippen LogP contribution in [0.25, 0.3) is 11.3 Å². The first-order valence-corrected chi connectivity index (χ1v) is 6.13. The van der Waals surface area contributed by atoms with Crippen molar-refractivity contribution in [3.8, 4) is 11.3 Å². The molecule has 1 aliphatic rings. The molecular weight excluding hydrogens is 206 g/mol. The topological polar surface area (TPSA) is 12.9 Å². The third kappa shape index (κ3) is 1.42. The molecule has 1 nitrogen and oxygen atoms in total. The average Bonchev–Trinajstić information content (AvgIpc) is 2.62. The Kier molecular flexibility index (Phi) is 2.12. The molecule has 1 heterocycles. The molecule has 0 amide bonds. The van der Waals surface area contributed by atoms with E-state index in [4.69, 9.17) is 0 Å². The van der Waals surface area contributed by atoms with Gasteiger partial charge in [0.2, 0.25) is 0 Å². The van der Waals surface area contributed by atoms with Crippen LogP contribution in [0.1, 0.15) is 33.4 Å². The number of rotatable bonds is 0. The normalized spacial score (nSPS) is 12.5. The van der Waals surface area contributed by atoms with Crippen LogP contribution in [0.4, 0.5) is 0 Å². The molecular formula is C16H17N. The molecule has 0 unspecified atom stereocenters. The van der Waals surface area contributed by atoms with E-state index in [1.54, 1.807) is 0 Å². The quantitative estimate of drug-likeness (QED) is 0.563. The van der Waals surface area contributed by atoms with Gasteiger partial charge in [-0.3, -0.25) is 4.98 Å². The Hall–Kier alpha value is -1.63. The molecule has 2 aromatic rings. The van der Waals surface area contributed by atoms with Crippen LogP contribution in [0.2, 0.25) is 0 Å². The number of hydrogen-bond acceptors (Lipinski definition) is 1. The van der Waals surface area contributed by atoms with Crippen LogP contribution < -0.4 is 0 Å². The number of aryl methyl sites for hydroxylation is 3. The van der Waals surface area contributed by atoms with Gasteiger partial charge in [-0.25, -0.2) is 0 Å². The minimum atomic E-state index is 1.05. The largest absolute Gasteiger partial charge is 0.256 e. The number of fused-ring (bicyclic) bond motifs is 3. The van der Waals surface area contributed by atoms with E-state index >= 15 is 0 Å². The third-order valence-corrected chi connectivity index (χ3v) is 3.88. The molecule has 0 saturated heterocycles. The summed E-state index contributed by atoms with van der Waals surface area (Å²) in [6.45, 7) is 8.72. The molecule has 1 aromatic carbocycles. The summed E-state index contributed by atoms with van der Waals surface area (Å²) in [5.74, 6) is 0. The molecule has 1 aliphatic carbocycles. The fourth-order valence-corrected chi connectivity index (χ4v) is 2.91.